The number of thiazole rings is 1. The Morgan fingerprint density at radius 2 is 1.63 bits per heavy atom. The van der Waals surface area contributed by atoms with Crippen LogP contribution in [0.25, 0.3) is 33.7 Å². The number of rotatable bonds is 7. The van der Waals surface area contributed by atoms with Crippen LogP contribution in [0.15, 0.2) is 118 Å². The van der Waals surface area contributed by atoms with Gasteiger partial charge in [-0.15, -0.1) is 0 Å². The monoisotopic (exact) mass is 668 g/mol. The molecular formula is C39H32N4O5S. The molecule has 3 heterocycles. The zero-order valence-corrected chi connectivity index (χ0v) is 28.2. The van der Waals surface area contributed by atoms with Crippen molar-refractivity contribution in [3.05, 3.63) is 161 Å². The molecule has 1 unspecified atom stereocenters. The maximum Gasteiger partial charge on any atom is 0.338 e. The van der Waals surface area contributed by atoms with Gasteiger partial charge in [-0.1, -0.05) is 65.9 Å². The smallest absolute Gasteiger partial charge is 0.338 e. The number of carbonyl (C=O) groups is 1. The number of nitro groups is 1. The minimum atomic E-state index is -0.703. The molecule has 10 heteroatoms. The minimum absolute atomic E-state index is 0.0533. The highest BCUT2D eigenvalue weighted by Gasteiger charge is 2.34. The van der Waals surface area contributed by atoms with Crippen molar-refractivity contribution in [2.75, 3.05) is 6.61 Å². The molecule has 4 aromatic carbocycles. The van der Waals surface area contributed by atoms with Crippen molar-refractivity contribution < 1.29 is 14.5 Å². The van der Waals surface area contributed by atoms with Crippen molar-refractivity contribution in [1.82, 2.24) is 9.13 Å². The Labute approximate surface area is 285 Å². The molecule has 7 rings (SSSR count). The van der Waals surface area contributed by atoms with Crippen LogP contribution in [0.1, 0.15) is 42.4 Å². The molecule has 9 nitrogen and oxygen atoms in total. The van der Waals surface area contributed by atoms with E-state index in [2.05, 4.69) is 10.6 Å². The van der Waals surface area contributed by atoms with Gasteiger partial charge < -0.3 is 9.30 Å². The summed E-state index contributed by atoms with van der Waals surface area (Å²) in [6.45, 7) is 7.80. The van der Waals surface area contributed by atoms with E-state index < -0.39 is 16.9 Å². The summed E-state index contributed by atoms with van der Waals surface area (Å²) in [4.78, 5) is 43.7. The third kappa shape index (κ3) is 5.59. The highest BCUT2D eigenvalue weighted by Crippen LogP contribution is 2.35. The lowest BCUT2D eigenvalue weighted by Crippen LogP contribution is -2.40. The lowest BCUT2D eigenvalue weighted by molar-refractivity contribution is -0.384. The number of nitrogens with zero attached hydrogens (tertiary/aromatic N) is 4. The van der Waals surface area contributed by atoms with Crippen LogP contribution in [-0.2, 0) is 9.53 Å². The predicted molar refractivity (Wildman–Crippen MR) is 192 cm³/mol. The summed E-state index contributed by atoms with van der Waals surface area (Å²) in [7, 11) is 0. The van der Waals surface area contributed by atoms with E-state index in [0.717, 1.165) is 50.1 Å². The largest absolute Gasteiger partial charge is 0.463 e. The molecule has 1 aliphatic rings. The van der Waals surface area contributed by atoms with Crippen molar-refractivity contribution in [2.45, 2.75) is 33.7 Å². The number of esters is 1. The molecular weight excluding hydrogens is 637 g/mol. The summed E-state index contributed by atoms with van der Waals surface area (Å²) in [5.41, 5.74) is 7.17. The van der Waals surface area contributed by atoms with Gasteiger partial charge in [0.25, 0.3) is 11.2 Å². The molecule has 0 bridgehead atoms. The van der Waals surface area contributed by atoms with Gasteiger partial charge in [-0.2, -0.15) is 0 Å². The fourth-order valence-corrected chi connectivity index (χ4v) is 7.66. The molecule has 0 fully saturated rings. The van der Waals surface area contributed by atoms with Crippen molar-refractivity contribution in [3.63, 3.8) is 0 Å². The van der Waals surface area contributed by atoms with Crippen LogP contribution in [0, 0.1) is 24.0 Å². The number of carbonyl (C=O) groups excluding carboxylic acids is 1. The quantitative estimate of drug-likeness (QED) is 0.104. The first kappa shape index (κ1) is 31.7. The number of hydrogen-bond donors (Lipinski definition) is 0. The van der Waals surface area contributed by atoms with Crippen molar-refractivity contribution in [3.8, 4) is 16.8 Å². The maximum atomic E-state index is 14.3. The van der Waals surface area contributed by atoms with Crippen molar-refractivity contribution >= 4 is 39.8 Å². The molecule has 2 aromatic heterocycles. The lowest BCUT2D eigenvalue weighted by Gasteiger charge is -2.25. The second kappa shape index (κ2) is 12.6. The zero-order valence-electron chi connectivity index (χ0n) is 27.3. The van der Waals surface area contributed by atoms with Gasteiger partial charge >= 0.3 is 5.97 Å². The van der Waals surface area contributed by atoms with Crippen LogP contribution in [-0.4, -0.2) is 26.6 Å². The van der Waals surface area contributed by atoms with Gasteiger partial charge in [-0.05, 0) is 97.1 Å². The molecule has 1 aliphatic heterocycles. The Bertz CT molecular complexity index is 2500. The normalized spacial score (nSPS) is 14.5. The summed E-state index contributed by atoms with van der Waals surface area (Å²) in [6.07, 6.45) is 1.90. The fraction of sp³-hybridized carbons (Fsp3) is 0.154. The van der Waals surface area contributed by atoms with Crippen LogP contribution in [0.5, 0.6) is 0 Å². The summed E-state index contributed by atoms with van der Waals surface area (Å²) >= 11 is 1.30. The average Bonchev–Trinajstić information content (AvgIpc) is 3.56. The molecule has 1 atom stereocenters. The lowest BCUT2D eigenvalue weighted by atomic mass is 9.91. The summed E-state index contributed by atoms with van der Waals surface area (Å²) in [6, 6.07) is 29.7. The van der Waals surface area contributed by atoms with Crippen LogP contribution in [0.4, 0.5) is 5.69 Å². The number of benzene rings is 4. The molecule has 0 aliphatic carbocycles. The fourth-order valence-electron chi connectivity index (χ4n) is 6.63. The van der Waals surface area contributed by atoms with E-state index in [1.165, 1.54) is 23.5 Å². The molecule has 0 N–H and O–H groups in total. The van der Waals surface area contributed by atoms with Gasteiger partial charge in [0.15, 0.2) is 4.80 Å². The van der Waals surface area contributed by atoms with Crippen LogP contribution in [0.3, 0.4) is 0 Å². The van der Waals surface area contributed by atoms with Crippen molar-refractivity contribution in [2.24, 2.45) is 4.99 Å². The van der Waals surface area contributed by atoms with Gasteiger partial charge in [0.1, 0.15) is 0 Å². The second-order valence-corrected chi connectivity index (χ2v) is 12.9. The highest BCUT2D eigenvalue weighted by molar-refractivity contribution is 7.07. The van der Waals surface area contributed by atoms with Crippen LogP contribution < -0.4 is 14.9 Å². The minimum Gasteiger partial charge on any atom is -0.463 e. The Balaban J connectivity index is 1.31. The predicted octanol–water partition coefficient (Wildman–Crippen LogP) is 6.93. The second-order valence-electron chi connectivity index (χ2n) is 11.9. The van der Waals surface area contributed by atoms with E-state index >= 15 is 0 Å². The number of hydrogen-bond acceptors (Lipinski definition) is 7. The molecule has 0 saturated heterocycles. The van der Waals surface area contributed by atoms with Crippen LogP contribution >= 0.6 is 11.3 Å². The molecule has 244 valence electrons. The number of aromatic nitrogens is 2. The molecule has 6 aromatic rings. The number of allylic oxidation sites excluding steroid dienone is 1. The molecule has 0 saturated carbocycles. The summed E-state index contributed by atoms with van der Waals surface area (Å²) < 4.78 is 9.76. The SMILES string of the molecule is CCOC(=O)C1=C(C)N=c2s/c(=C/c3cc(C)n(-c4ccc(-c5ccc([N+](=O)[O-])cc5)cc4)c3C)c(=O)n2C1c1cccc2ccccc12. The first-order valence-electron chi connectivity index (χ1n) is 15.9. The van der Waals surface area contributed by atoms with Gasteiger partial charge in [-0.25, -0.2) is 9.79 Å². The van der Waals surface area contributed by atoms with Gasteiger partial charge in [0.05, 0.1) is 33.4 Å². The van der Waals surface area contributed by atoms with E-state index in [1.54, 1.807) is 30.5 Å². The van der Waals surface area contributed by atoms with Crippen LogP contribution in [0.2, 0.25) is 0 Å². The third-order valence-electron chi connectivity index (χ3n) is 8.93. The zero-order chi connectivity index (χ0) is 34.4. The molecule has 49 heavy (non-hydrogen) atoms. The van der Waals surface area contributed by atoms with E-state index in [-0.39, 0.29) is 17.9 Å². The van der Waals surface area contributed by atoms with E-state index in [1.807, 2.05) is 86.7 Å². The molecule has 0 radical (unpaired) electrons. The van der Waals surface area contributed by atoms with Gasteiger partial charge in [0.2, 0.25) is 0 Å². The van der Waals surface area contributed by atoms with Gasteiger partial charge in [0, 0.05) is 29.2 Å². The van der Waals surface area contributed by atoms with E-state index in [4.69, 9.17) is 9.73 Å². The first-order chi connectivity index (χ1) is 23.7. The summed E-state index contributed by atoms with van der Waals surface area (Å²) in [5.74, 6) is -0.487. The van der Waals surface area contributed by atoms with Crippen molar-refractivity contribution in [1.29, 1.82) is 0 Å². The standard InChI is InChI=1S/C39H32N4O5S/c1-5-48-38(45)35-24(3)40-39-42(36(35)33-12-8-10-28-9-6-7-11-32(28)33)37(44)34(49-39)22-29-21-23(2)41(25(29)4)30-17-13-26(14-18-30)27-15-19-31(20-16-27)43(46)47/h6-22,36H,5H2,1-4H3/b34-22+. The molecule has 0 spiro atoms. The number of nitro benzene ring substituents is 1. The van der Waals surface area contributed by atoms with Gasteiger partial charge in [-0.3, -0.25) is 19.5 Å². The highest BCUT2D eigenvalue weighted by atomic mass is 32.1. The Morgan fingerprint density at radius 1 is 0.959 bits per heavy atom. The molecule has 0 amide bonds. The number of non-ortho nitro benzene ring substituents is 1. The number of ether oxygens (including phenoxy) is 1. The first-order valence-corrected chi connectivity index (χ1v) is 16.7. The number of fused-ring (bicyclic) bond motifs is 2. The Hall–Kier alpha value is -5.87. The van der Waals surface area contributed by atoms with E-state index in [9.17, 15) is 19.7 Å². The Morgan fingerprint density at radius 3 is 2.33 bits per heavy atom. The third-order valence-corrected chi connectivity index (χ3v) is 9.91. The maximum absolute atomic E-state index is 14.3. The number of aryl methyl sites for hydroxylation is 1. The van der Waals surface area contributed by atoms with E-state index in [0.29, 0.717) is 20.6 Å². The topological polar surface area (TPSA) is 109 Å². The average molecular weight is 669 g/mol. The Kier molecular flexibility index (Phi) is 8.17. The summed E-state index contributed by atoms with van der Waals surface area (Å²) in [5, 5.41) is 13.0.